The van der Waals surface area contributed by atoms with E-state index < -0.39 is 7.12 Å². The molecule has 16 heavy (non-hydrogen) atoms. The Kier molecular flexibility index (Phi) is 3.70. The average molecular weight is 222 g/mol. The average Bonchev–Trinajstić information content (AvgIpc) is 2.36. The summed E-state index contributed by atoms with van der Waals surface area (Å²) in [7, 11) is -0.480. The summed E-state index contributed by atoms with van der Waals surface area (Å²) in [4.78, 5) is 7.89. The molecule has 0 saturated carbocycles. The van der Waals surface area contributed by atoms with Crippen molar-refractivity contribution in [2.75, 3.05) is 0 Å². The summed E-state index contributed by atoms with van der Waals surface area (Å²) in [6.45, 7) is 13.3. The van der Waals surface area contributed by atoms with Gasteiger partial charge in [-0.1, -0.05) is 0 Å². The minimum atomic E-state index is -0.480. The topological polar surface area (TPSA) is 43.2 Å². The van der Waals surface area contributed by atoms with Crippen LogP contribution in [0.5, 0.6) is 0 Å². The quantitative estimate of drug-likeness (QED) is 0.542. The summed E-state index contributed by atoms with van der Waals surface area (Å²) in [6.07, 6.45) is 3.24. The van der Waals surface area contributed by atoms with Crippen molar-refractivity contribution in [3.05, 3.63) is 11.8 Å². The van der Waals surface area contributed by atoms with Crippen LogP contribution in [0.15, 0.2) is 21.8 Å². The van der Waals surface area contributed by atoms with Crippen LogP contribution in [0.3, 0.4) is 0 Å². The lowest BCUT2D eigenvalue weighted by molar-refractivity contribution is 0.00578. The SMILES string of the molecule is C=N/C=C(\N=C/C)B1OC(C)(C)C(C)(C)O1. The fraction of sp³-hybridized carbons (Fsp3) is 0.636. The van der Waals surface area contributed by atoms with Crippen molar-refractivity contribution in [3.8, 4) is 0 Å². The van der Waals surface area contributed by atoms with Crippen molar-refractivity contribution in [1.29, 1.82) is 0 Å². The summed E-state index contributed by atoms with van der Waals surface area (Å²) in [5, 5.41) is 0. The minimum absolute atomic E-state index is 0.360. The van der Waals surface area contributed by atoms with E-state index in [0.29, 0.717) is 5.60 Å². The van der Waals surface area contributed by atoms with Gasteiger partial charge in [0, 0.05) is 12.4 Å². The first-order chi connectivity index (χ1) is 7.34. The van der Waals surface area contributed by atoms with Crippen molar-refractivity contribution in [2.24, 2.45) is 9.98 Å². The molecule has 1 fully saturated rings. The molecule has 0 aliphatic carbocycles. The second kappa shape index (κ2) is 4.51. The predicted octanol–water partition coefficient (Wildman–Crippen LogP) is 2.25. The molecule has 1 rings (SSSR count). The van der Waals surface area contributed by atoms with E-state index in [1.807, 2.05) is 34.6 Å². The van der Waals surface area contributed by atoms with Gasteiger partial charge in [-0.15, -0.1) is 0 Å². The molecule has 88 valence electrons. The summed E-state index contributed by atoms with van der Waals surface area (Å²) in [6, 6.07) is 0. The Morgan fingerprint density at radius 2 is 1.69 bits per heavy atom. The molecule has 0 aromatic carbocycles. The molecule has 0 aromatic rings. The fourth-order valence-corrected chi connectivity index (χ4v) is 1.36. The van der Waals surface area contributed by atoms with Gasteiger partial charge in [-0.3, -0.25) is 9.98 Å². The molecule has 0 N–H and O–H groups in total. The van der Waals surface area contributed by atoms with Gasteiger partial charge in [0.15, 0.2) is 0 Å². The van der Waals surface area contributed by atoms with Crippen molar-refractivity contribution in [1.82, 2.24) is 0 Å². The van der Waals surface area contributed by atoms with Gasteiger partial charge < -0.3 is 9.31 Å². The third kappa shape index (κ3) is 2.41. The van der Waals surface area contributed by atoms with E-state index in [0.717, 1.165) is 0 Å². The number of hydrogen-bond donors (Lipinski definition) is 0. The number of rotatable bonds is 3. The van der Waals surface area contributed by atoms with E-state index in [1.54, 1.807) is 12.4 Å². The molecule has 1 heterocycles. The third-order valence-corrected chi connectivity index (χ3v) is 3.00. The maximum Gasteiger partial charge on any atom is 0.516 e. The van der Waals surface area contributed by atoms with Gasteiger partial charge in [-0.25, -0.2) is 0 Å². The van der Waals surface area contributed by atoms with Crippen molar-refractivity contribution < 1.29 is 9.31 Å². The van der Waals surface area contributed by atoms with Crippen LogP contribution in [0.25, 0.3) is 0 Å². The molecule has 0 amide bonds. The first-order valence-electron chi connectivity index (χ1n) is 5.34. The third-order valence-electron chi connectivity index (χ3n) is 3.00. The Bertz CT molecular complexity index is 319. The van der Waals surface area contributed by atoms with E-state index in [1.165, 1.54) is 0 Å². The normalized spacial score (nSPS) is 24.1. The van der Waals surface area contributed by atoms with Gasteiger partial charge in [-0.2, -0.15) is 0 Å². The number of aliphatic imine (C=N–C) groups is 2. The molecule has 0 bridgehead atoms. The van der Waals surface area contributed by atoms with Crippen molar-refractivity contribution in [2.45, 2.75) is 45.8 Å². The standard InChI is InChI=1S/C11H19BN2O2/c1-7-14-9(8-13-6)12-15-10(2,3)11(4,5)16-12/h7-8H,6H2,1-5H3/b9-8-,14-7-. The fourth-order valence-electron chi connectivity index (χ4n) is 1.36. The van der Waals surface area contributed by atoms with Crippen molar-refractivity contribution in [3.63, 3.8) is 0 Å². The maximum absolute atomic E-state index is 5.84. The summed E-state index contributed by atoms with van der Waals surface area (Å²) >= 11 is 0. The second-order valence-corrected chi connectivity index (χ2v) is 4.71. The molecule has 4 nitrogen and oxygen atoms in total. The van der Waals surface area contributed by atoms with Crippen LogP contribution in [0.2, 0.25) is 0 Å². The highest BCUT2D eigenvalue weighted by molar-refractivity contribution is 6.54. The molecule has 0 spiro atoms. The first-order valence-corrected chi connectivity index (χ1v) is 5.34. The Morgan fingerprint density at radius 3 is 2.06 bits per heavy atom. The molecule has 1 aliphatic rings. The predicted molar refractivity (Wildman–Crippen MR) is 67.9 cm³/mol. The van der Waals surface area contributed by atoms with Gasteiger partial charge >= 0.3 is 7.12 Å². The molecule has 1 saturated heterocycles. The largest absolute Gasteiger partial charge is 0.516 e. The van der Waals surface area contributed by atoms with Crippen LogP contribution in [0.4, 0.5) is 0 Å². The van der Waals surface area contributed by atoms with Gasteiger partial charge in [0.1, 0.15) is 0 Å². The van der Waals surface area contributed by atoms with Gasteiger partial charge in [-0.05, 0) is 41.3 Å². The molecular weight excluding hydrogens is 203 g/mol. The highest BCUT2D eigenvalue weighted by atomic mass is 16.7. The second-order valence-electron chi connectivity index (χ2n) is 4.71. The van der Waals surface area contributed by atoms with E-state index in [-0.39, 0.29) is 11.2 Å². The Hall–Kier alpha value is -0.935. The lowest BCUT2D eigenvalue weighted by Gasteiger charge is -2.32. The zero-order valence-corrected chi connectivity index (χ0v) is 10.7. The summed E-state index contributed by atoms with van der Waals surface area (Å²) in [5.74, 6) is 0. The number of nitrogens with zero attached hydrogens (tertiary/aromatic N) is 2. The monoisotopic (exact) mass is 222 g/mol. The lowest BCUT2D eigenvalue weighted by atomic mass is 9.85. The van der Waals surface area contributed by atoms with Crippen LogP contribution in [-0.2, 0) is 9.31 Å². The minimum Gasteiger partial charge on any atom is -0.398 e. The van der Waals surface area contributed by atoms with Crippen LogP contribution in [0, 0.1) is 0 Å². The Morgan fingerprint density at radius 1 is 1.19 bits per heavy atom. The highest BCUT2D eigenvalue weighted by Crippen LogP contribution is 2.38. The van der Waals surface area contributed by atoms with Crippen LogP contribution < -0.4 is 0 Å². The number of hydrogen-bond acceptors (Lipinski definition) is 4. The zero-order valence-electron chi connectivity index (χ0n) is 10.7. The van der Waals surface area contributed by atoms with E-state index in [2.05, 4.69) is 16.7 Å². The molecular formula is C11H19BN2O2. The van der Waals surface area contributed by atoms with Gasteiger partial charge in [0.2, 0.25) is 0 Å². The molecule has 0 unspecified atom stereocenters. The molecule has 1 aliphatic heterocycles. The zero-order chi connectivity index (χ0) is 12.4. The lowest BCUT2D eigenvalue weighted by Crippen LogP contribution is -2.41. The van der Waals surface area contributed by atoms with Gasteiger partial charge in [0.05, 0.1) is 16.8 Å². The summed E-state index contributed by atoms with van der Waals surface area (Å²) in [5.41, 5.74) is -0.0845. The first kappa shape index (κ1) is 13.1. The van der Waals surface area contributed by atoms with Crippen LogP contribution >= 0.6 is 0 Å². The molecule has 0 radical (unpaired) electrons. The smallest absolute Gasteiger partial charge is 0.398 e. The molecule has 0 aromatic heterocycles. The van der Waals surface area contributed by atoms with Crippen LogP contribution in [-0.4, -0.2) is 31.3 Å². The summed E-state index contributed by atoms with van der Waals surface area (Å²) < 4.78 is 11.7. The Labute approximate surface area is 97.6 Å². The van der Waals surface area contributed by atoms with E-state index in [9.17, 15) is 0 Å². The van der Waals surface area contributed by atoms with Gasteiger partial charge in [0.25, 0.3) is 0 Å². The molecule has 0 atom stereocenters. The van der Waals surface area contributed by atoms with E-state index >= 15 is 0 Å². The van der Waals surface area contributed by atoms with E-state index in [4.69, 9.17) is 9.31 Å². The van der Waals surface area contributed by atoms with Crippen LogP contribution in [0.1, 0.15) is 34.6 Å². The Balaban J connectivity index is 2.93. The van der Waals surface area contributed by atoms with Crippen molar-refractivity contribution >= 4 is 20.1 Å². The highest BCUT2D eigenvalue weighted by Gasteiger charge is 2.52. The maximum atomic E-state index is 5.84. The molecule has 5 heteroatoms.